The fraction of sp³-hybridized carbons (Fsp3) is 0.333. The average Bonchev–Trinajstić information content (AvgIpc) is 3.04. The van der Waals surface area contributed by atoms with Crippen LogP contribution in [0, 0.1) is 0 Å². The minimum absolute atomic E-state index is 0.0372. The second-order valence-electron chi connectivity index (χ2n) is 4.16. The van der Waals surface area contributed by atoms with Gasteiger partial charge in [0.25, 0.3) is 0 Å². The summed E-state index contributed by atoms with van der Waals surface area (Å²) in [6.07, 6.45) is 0.662. The lowest BCUT2D eigenvalue weighted by Gasteiger charge is -2.15. The molecule has 0 unspecified atom stereocenters. The van der Waals surface area contributed by atoms with Gasteiger partial charge in [0.1, 0.15) is 17.3 Å². The Morgan fingerprint density at radius 1 is 1.50 bits per heavy atom. The van der Waals surface area contributed by atoms with Crippen molar-refractivity contribution in [2.75, 3.05) is 13.6 Å². The summed E-state index contributed by atoms with van der Waals surface area (Å²) in [6, 6.07) is 5.25. The predicted octanol–water partition coefficient (Wildman–Crippen LogP) is 2.46. The lowest BCUT2D eigenvalue weighted by atomic mass is 10.3. The topological polar surface area (TPSA) is 70.8 Å². The molecule has 0 spiro atoms. The SMILES string of the molecule is CN(CCc1cccs1)S(=O)(=O)c1cc(CO)oc1Br. The summed E-state index contributed by atoms with van der Waals surface area (Å²) in [7, 11) is -2.10. The van der Waals surface area contributed by atoms with E-state index in [1.165, 1.54) is 17.4 Å². The van der Waals surface area contributed by atoms with Crippen LogP contribution in [-0.4, -0.2) is 31.4 Å². The Labute approximate surface area is 130 Å². The van der Waals surface area contributed by atoms with Gasteiger partial charge in [0.2, 0.25) is 10.0 Å². The first kappa shape index (κ1) is 15.7. The molecule has 2 aromatic rings. The summed E-state index contributed by atoms with van der Waals surface area (Å²) in [5, 5.41) is 10.9. The van der Waals surface area contributed by atoms with E-state index in [1.54, 1.807) is 11.3 Å². The van der Waals surface area contributed by atoms with Crippen molar-refractivity contribution >= 4 is 37.3 Å². The molecule has 0 aliphatic heterocycles. The van der Waals surface area contributed by atoms with Crippen molar-refractivity contribution in [2.24, 2.45) is 0 Å². The third-order valence-electron chi connectivity index (χ3n) is 2.80. The van der Waals surface area contributed by atoms with Crippen LogP contribution in [0.4, 0.5) is 0 Å². The van der Waals surface area contributed by atoms with Gasteiger partial charge in [-0.25, -0.2) is 12.7 Å². The maximum atomic E-state index is 12.4. The van der Waals surface area contributed by atoms with Crippen LogP contribution in [-0.2, 0) is 23.1 Å². The maximum absolute atomic E-state index is 12.4. The number of thiophene rings is 1. The summed E-state index contributed by atoms with van der Waals surface area (Å²) < 4.78 is 31.3. The molecule has 0 amide bonds. The van der Waals surface area contributed by atoms with Crippen molar-refractivity contribution in [3.05, 3.63) is 38.9 Å². The molecule has 0 radical (unpaired) electrons. The Kier molecular flexibility index (Phi) is 5.03. The molecular formula is C12H14BrNO4S2. The van der Waals surface area contributed by atoms with Crippen LogP contribution < -0.4 is 0 Å². The number of aliphatic hydroxyl groups excluding tert-OH is 1. The number of halogens is 1. The first-order valence-corrected chi connectivity index (χ1v) is 8.94. The van der Waals surface area contributed by atoms with Gasteiger partial charge in [-0.3, -0.25) is 0 Å². The standard InChI is InChI=1S/C12H14BrNO4S2/c1-14(5-4-10-3-2-6-19-10)20(16,17)11-7-9(8-15)18-12(11)13/h2-3,6-7,15H,4-5,8H2,1H3. The van der Waals surface area contributed by atoms with Crippen molar-refractivity contribution in [1.29, 1.82) is 0 Å². The van der Waals surface area contributed by atoms with E-state index in [4.69, 9.17) is 9.52 Å². The molecule has 0 saturated carbocycles. The van der Waals surface area contributed by atoms with E-state index in [9.17, 15) is 8.42 Å². The van der Waals surface area contributed by atoms with E-state index in [-0.39, 0.29) is 21.9 Å². The number of sulfonamides is 1. The zero-order valence-corrected chi connectivity index (χ0v) is 14.0. The Bertz CT molecular complexity index is 664. The summed E-state index contributed by atoms with van der Waals surface area (Å²) in [5.74, 6) is 0.210. The monoisotopic (exact) mass is 379 g/mol. The van der Waals surface area contributed by atoms with Gasteiger partial charge in [0.15, 0.2) is 4.67 Å². The second kappa shape index (κ2) is 6.40. The summed E-state index contributed by atoms with van der Waals surface area (Å²) >= 11 is 4.67. The molecular weight excluding hydrogens is 366 g/mol. The van der Waals surface area contributed by atoms with Crippen LogP contribution in [0.15, 0.2) is 37.6 Å². The fourth-order valence-electron chi connectivity index (χ4n) is 1.66. The highest BCUT2D eigenvalue weighted by Crippen LogP contribution is 2.28. The Balaban J connectivity index is 2.14. The molecule has 0 bridgehead atoms. The molecule has 0 atom stereocenters. The minimum atomic E-state index is -3.63. The highest BCUT2D eigenvalue weighted by molar-refractivity contribution is 9.10. The third-order valence-corrected chi connectivity index (χ3v) is 6.45. The lowest BCUT2D eigenvalue weighted by Crippen LogP contribution is -2.28. The van der Waals surface area contributed by atoms with Gasteiger partial charge >= 0.3 is 0 Å². The number of furan rings is 1. The largest absolute Gasteiger partial charge is 0.450 e. The molecule has 1 N–H and O–H groups in total. The van der Waals surface area contributed by atoms with Gasteiger partial charge in [-0.2, -0.15) is 0 Å². The van der Waals surface area contributed by atoms with E-state index in [1.807, 2.05) is 17.5 Å². The Morgan fingerprint density at radius 2 is 2.25 bits per heavy atom. The van der Waals surface area contributed by atoms with Gasteiger partial charge in [0, 0.05) is 24.5 Å². The molecule has 5 nitrogen and oxygen atoms in total. The Hall–Kier alpha value is -0.670. The van der Waals surface area contributed by atoms with Gasteiger partial charge in [-0.15, -0.1) is 11.3 Å². The number of likely N-dealkylation sites (N-methyl/N-ethyl adjacent to an activating group) is 1. The zero-order chi connectivity index (χ0) is 14.8. The highest BCUT2D eigenvalue weighted by atomic mass is 79.9. The molecule has 2 heterocycles. The molecule has 0 fully saturated rings. The predicted molar refractivity (Wildman–Crippen MR) is 80.2 cm³/mol. The number of aliphatic hydroxyl groups is 1. The van der Waals surface area contributed by atoms with Gasteiger partial charge < -0.3 is 9.52 Å². The number of hydrogen-bond acceptors (Lipinski definition) is 5. The molecule has 2 aromatic heterocycles. The van der Waals surface area contributed by atoms with E-state index in [2.05, 4.69) is 15.9 Å². The first-order chi connectivity index (χ1) is 9.45. The van der Waals surface area contributed by atoms with Gasteiger partial charge in [-0.1, -0.05) is 6.07 Å². The van der Waals surface area contributed by atoms with E-state index in [0.717, 1.165) is 4.88 Å². The number of nitrogens with zero attached hydrogens (tertiary/aromatic N) is 1. The number of hydrogen-bond donors (Lipinski definition) is 1. The normalized spacial score (nSPS) is 12.2. The minimum Gasteiger partial charge on any atom is -0.450 e. The summed E-state index contributed by atoms with van der Waals surface area (Å²) in [5.41, 5.74) is 0. The zero-order valence-electron chi connectivity index (χ0n) is 10.7. The van der Waals surface area contributed by atoms with Crippen LogP contribution in [0.2, 0.25) is 0 Å². The Morgan fingerprint density at radius 3 is 2.80 bits per heavy atom. The highest BCUT2D eigenvalue weighted by Gasteiger charge is 2.26. The third kappa shape index (κ3) is 3.32. The van der Waals surface area contributed by atoms with Crippen molar-refractivity contribution in [2.45, 2.75) is 17.9 Å². The average molecular weight is 380 g/mol. The molecule has 2 rings (SSSR count). The van der Waals surface area contributed by atoms with Crippen molar-refractivity contribution in [1.82, 2.24) is 4.31 Å². The molecule has 0 aliphatic rings. The van der Waals surface area contributed by atoms with Crippen LogP contribution in [0.5, 0.6) is 0 Å². The summed E-state index contributed by atoms with van der Waals surface area (Å²) in [6.45, 7) is 0.0436. The van der Waals surface area contributed by atoms with Crippen molar-refractivity contribution < 1.29 is 17.9 Å². The van der Waals surface area contributed by atoms with Crippen molar-refractivity contribution in [3.8, 4) is 0 Å². The van der Waals surface area contributed by atoms with E-state index in [0.29, 0.717) is 13.0 Å². The maximum Gasteiger partial charge on any atom is 0.247 e. The quantitative estimate of drug-likeness (QED) is 0.836. The molecule has 20 heavy (non-hydrogen) atoms. The first-order valence-electron chi connectivity index (χ1n) is 5.83. The molecule has 0 saturated heterocycles. The van der Waals surface area contributed by atoms with Gasteiger partial charge in [-0.05, 0) is 33.8 Å². The van der Waals surface area contributed by atoms with Crippen LogP contribution in [0.3, 0.4) is 0 Å². The van der Waals surface area contributed by atoms with Crippen LogP contribution in [0.25, 0.3) is 0 Å². The van der Waals surface area contributed by atoms with Gasteiger partial charge in [0.05, 0.1) is 0 Å². The lowest BCUT2D eigenvalue weighted by molar-refractivity contribution is 0.245. The van der Waals surface area contributed by atoms with Crippen LogP contribution in [0.1, 0.15) is 10.6 Å². The smallest absolute Gasteiger partial charge is 0.247 e. The summed E-state index contributed by atoms with van der Waals surface area (Å²) in [4.78, 5) is 1.17. The van der Waals surface area contributed by atoms with Crippen molar-refractivity contribution in [3.63, 3.8) is 0 Å². The molecule has 8 heteroatoms. The number of rotatable bonds is 6. The fourth-order valence-corrected chi connectivity index (χ4v) is 4.49. The van der Waals surface area contributed by atoms with E-state index < -0.39 is 10.0 Å². The molecule has 0 aliphatic carbocycles. The second-order valence-corrected chi connectivity index (χ2v) is 7.93. The van der Waals surface area contributed by atoms with E-state index >= 15 is 0 Å². The molecule has 0 aromatic carbocycles. The van der Waals surface area contributed by atoms with Crippen LogP contribution >= 0.6 is 27.3 Å². The molecule has 110 valence electrons.